The Labute approximate surface area is 119 Å². The summed E-state index contributed by atoms with van der Waals surface area (Å²) in [5.41, 5.74) is 1.69. The fourth-order valence-electron chi connectivity index (χ4n) is 3.12. The predicted octanol–water partition coefficient (Wildman–Crippen LogP) is 4.27. The maximum atomic E-state index is 13.2. The van der Waals surface area contributed by atoms with Crippen molar-refractivity contribution in [1.29, 1.82) is 5.26 Å². The Balaban J connectivity index is 2.00. The van der Waals surface area contributed by atoms with Crippen LogP contribution in [0, 0.1) is 17.2 Å². The van der Waals surface area contributed by atoms with E-state index in [-0.39, 0.29) is 6.42 Å². The Morgan fingerprint density at radius 1 is 1.24 bits per heavy atom. The van der Waals surface area contributed by atoms with Crippen LogP contribution in [-0.2, 0) is 0 Å². The molecule has 3 rings (SSSR count). The van der Waals surface area contributed by atoms with Crippen molar-refractivity contribution in [1.82, 2.24) is 9.97 Å². The molecule has 1 aliphatic carbocycles. The van der Waals surface area contributed by atoms with Gasteiger partial charge in [0.05, 0.1) is 28.6 Å². The summed E-state index contributed by atoms with van der Waals surface area (Å²) in [6.07, 6.45) is -2.14. The molecular formula is C15H14F3N3. The summed E-state index contributed by atoms with van der Waals surface area (Å²) in [6.45, 7) is 0. The van der Waals surface area contributed by atoms with E-state index in [4.69, 9.17) is 5.26 Å². The summed E-state index contributed by atoms with van der Waals surface area (Å²) in [4.78, 5) is 7.29. The quantitative estimate of drug-likeness (QED) is 0.853. The second-order valence-electron chi connectivity index (χ2n) is 5.50. The van der Waals surface area contributed by atoms with Crippen molar-refractivity contribution in [2.24, 2.45) is 5.92 Å². The van der Waals surface area contributed by atoms with E-state index in [9.17, 15) is 13.2 Å². The molecule has 1 heterocycles. The number of nitrogens with one attached hydrogen (secondary N) is 1. The maximum absolute atomic E-state index is 13.2. The zero-order valence-electron chi connectivity index (χ0n) is 11.2. The summed E-state index contributed by atoms with van der Waals surface area (Å²) in [6, 6.07) is 6.92. The fourth-order valence-corrected chi connectivity index (χ4v) is 3.12. The molecule has 0 bridgehead atoms. The lowest BCUT2D eigenvalue weighted by atomic mass is 9.78. The van der Waals surface area contributed by atoms with E-state index in [1.165, 1.54) is 0 Å². The highest BCUT2D eigenvalue weighted by Crippen LogP contribution is 2.45. The number of hydrogen-bond acceptors (Lipinski definition) is 2. The minimum absolute atomic E-state index is 0.161. The van der Waals surface area contributed by atoms with Crippen LogP contribution in [0.3, 0.4) is 0 Å². The fraction of sp³-hybridized carbons (Fsp3) is 0.467. The van der Waals surface area contributed by atoms with Crippen LogP contribution < -0.4 is 0 Å². The SMILES string of the molecule is N#Cc1ccc2nc(C3CCCCC3C(F)(F)F)[nH]c2c1. The van der Waals surface area contributed by atoms with Crippen molar-refractivity contribution in [2.45, 2.75) is 37.8 Å². The number of alkyl halides is 3. The molecule has 1 saturated carbocycles. The van der Waals surface area contributed by atoms with Gasteiger partial charge in [-0.05, 0) is 31.0 Å². The minimum atomic E-state index is -4.19. The zero-order chi connectivity index (χ0) is 15.0. The van der Waals surface area contributed by atoms with Crippen molar-refractivity contribution < 1.29 is 13.2 Å². The van der Waals surface area contributed by atoms with Crippen LogP contribution in [-0.4, -0.2) is 16.1 Å². The monoisotopic (exact) mass is 293 g/mol. The molecule has 1 N–H and O–H groups in total. The van der Waals surface area contributed by atoms with Crippen molar-refractivity contribution in [3.05, 3.63) is 29.6 Å². The van der Waals surface area contributed by atoms with E-state index in [1.54, 1.807) is 18.2 Å². The largest absolute Gasteiger partial charge is 0.392 e. The van der Waals surface area contributed by atoms with E-state index in [0.717, 1.165) is 6.42 Å². The standard InChI is InChI=1S/C15H14F3N3/c16-15(17,18)11-4-2-1-3-10(11)14-20-12-6-5-9(8-19)7-13(12)21-14/h5-7,10-11H,1-4H2,(H,20,21). The van der Waals surface area contributed by atoms with Gasteiger partial charge in [-0.3, -0.25) is 0 Å². The average Bonchev–Trinajstić information content (AvgIpc) is 2.89. The third-order valence-electron chi connectivity index (χ3n) is 4.17. The zero-order valence-corrected chi connectivity index (χ0v) is 11.2. The minimum Gasteiger partial charge on any atom is -0.342 e. The Hall–Kier alpha value is -2.03. The number of hydrogen-bond donors (Lipinski definition) is 1. The highest BCUT2D eigenvalue weighted by atomic mass is 19.4. The van der Waals surface area contributed by atoms with Crippen molar-refractivity contribution in [2.75, 3.05) is 0 Å². The molecule has 2 unspecified atom stereocenters. The molecule has 0 radical (unpaired) electrons. The highest BCUT2D eigenvalue weighted by molar-refractivity contribution is 5.76. The summed E-state index contributed by atoms with van der Waals surface area (Å²) in [7, 11) is 0. The molecule has 1 aromatic carbocycles. The van der Waals surface area contributed by atoms with Gasteiger partial charge in [0.25, 0.3) is 0 Å². The summed E-state index contributed by atoms with van der Waals surface area (Å²) in [5.74, 6) is -1.55. The number of rotatable bonds is 1. The number of H-pyrrole nitrogens is 1. The van der Waals surface area contributed by atoms with Gasteiger partial charge in [0.1, 0.15) is 5.82 Å². The molecule has 0 saturated heterocycles. The first-order valence-corrected chi connectivity index (χ1v) is 6.95. The topological polar surface area (TPSA) is 52.5 Å². The van der Waals surface area contributed by atoms with Gasteiger partial charge in [-0.25, -0.2) is 4.98 Å². The number of aromatic amines is 1. The van der Waals surface area contributed by atoms with Gasteiger partial charge in [0, 0.05) is 5.92 Å². The Morgan fingerprint density at radius 3 is 2.71 bits per heavy atom. The van der Waals surface area contributed by atoms with Gasteiger partial charge >= 0.3 is 6.18 Å². The van der Waals surface area contributed by atoms with E-state index in [1.807, 2.05) is 6.07 Å². The first-order valence-electron chi connectivity index (χ1n) is 6.95. The van der Waals surface area contributed by atoms with Crippen molar-refractivity contribution >= 4 is 11.0 Å². The smallest absolute Gasteiger partial charge is 0.342 e. The lowest BCUT2D eigenvalue weighted by Gasteiger charge is -2.31. The van der Waals surface area contributed by atoms with Crippen LogP contribution >= 0.6 is 0 Å². The van der Waals surface area contributed by atoms with Crippen LogP contribution in [0.25, 0.3) is 11.0 Å². The number of benzene rings is 1. The number of nitriles is 1. The average molecular weight is 293 g/mol. The highest BCUT2D eigenvalue weighted by Gasteiger charge is 2.46. The van der Waals surface area contributed by atoms with Crippen molar-refractivity contribution in [3.8, 4) is 6.07 Å². The van der Waals surface area contributed by atoms with Gasteiger partial charge in [0.2, 0.25) is 0 Å². The number of nitrogens with zero attached hydrogens (tertiary/aromatic N) is 2. The molecular weight excluding hydrogens is 279 g/mol. The number of halogens is 3. The summed E-state index contributed by atoms with van der Waals surface area (Å²) >= 11 is 0. The third kappa shape index (κ3) is 2.60. The summed E-state index contributed by atoms with van der Waals surface area (Å²) in [5, 5.41) is 8.87. The maximum Gasteiger partial charge on any atom is 0.392 e. The normalized spacial score (nSPS) is 23.1. The molecule has 1 aromatic heterocycles. The predicted molar refractivity (Wildman–Crippen MR) is 71.6 cm³/mol. The molecule has 0 amide bonds. The molecule has 1 aliphatic rings. The molecule has 2 aromatic rings. The Bertz CT molecular complexity index is 696. The van der Waals surface area contributed by atoms with E-state index < -0.39 is 18.0 Å². The second kappa shape index (κ2) is 5.06. The van der Waals surface area contributed by atoms with Crippen LogP contribution in [0.2, 0.25) is 0 Å². The van der Waals surface area contributed by atoms with Crippen LogP contribution in [0.4, 0.5) is 13.2 Å². The van der Waals surface area contributed by atoms with Gasteiger partial charge in [-0.1, -0.05) is 12.8 Å². The number of aromatic nitrogens is 2. The first kappa shape index (κ1) is 13.9. The molecule has 3 nitrogen and oxygen atoms in total. The van der Waals surface area contributed by atoms with E-state index in [0.29, 0.717) is 35.3 Å². The molecule has 1 fully saturated rings. The van der Waals surface area contributed by atoms with Gasteiger partial charge in [0.15, 0.2) is 0 Å². The molecule has 6 heteroatoms. The van der Waals surface area contributed by atoms with Crippen LogP contribution in [0.5, 0.6) is 0 Å². The molecule has 110 valence electrons. The Kier molecular flexibility index (Phi) is 3.36. The van der Waals surface area contributed by atoms with E-state index in [2.05, 4.69) is 9.97 Å². The lowest BCUT2D eigenvalue weighted by Crippen LogP contribution is -2.32. The lowest BCUT2D eigenvalue weighted by molar-refractivity contribution is -0.187. The van der Waals surface area contributed by atoms with Crippen LogP contribution in [0.15, 0.2) is 18.2 Å². The molecule has 0 aliphatic heterocycles. The van der Waals surface area contributed by atoms with Crippen molar-refractivity contribution in [3.63, 3.8) is 0 Å². The molecule has 2 atom stereocenters. The molecule has 0 spiro atoms. The molecule has 21 heavy (non-hydrogen) atoms. The van der Waals surface area contributed by atoms with E-state index >= 15 is 0 Å². The second-order valence-corrected chi connectivity index (χ2v) is 5.50. The van der Waals surface area contributed by atoms with Gasteiger partial charge in [-0.15, -0.1) is 0 Å². The van der Waals surface area contributed by atoms with Gasteiger partial charge < -0.3 is 4.98 Å². The van der Waals surface area contributed by atoms with Gasteiger partial charge in [-0.2, -0.15) is 18.4 Å². The number of imidazole rings is 1. The first-order chi connectivity index (χ1) is 9.99. The number of fused-ring (bicyclic) bond motifs is 1. The van der Waals surface area contributed by atoms with Crippen LogP contribution in [0.1, 0.15) is 43.0 Å². The Morgan fingerprint density at radius 2 is 2.00 bits per heavy atom. The summed E-state index contributed by atoms with van der Waals surface area (Å²) < 4.78 is 39.5. The third-order valence-corrected chi connectivity index (χ3v) is 4.17.